The fourth-order valence-electron chi connectivity index (χ4n) is 2.51. The lowest BCUT2D eigenvalue weighted by Crippen LogP contribution is -1.96. The predicted octanol–water partition coefficient (Wildman–Crippen LogP) is 6.89. The molecule has 0 N–H and O–H groups in total. The van der Waals surface area contributed by atoms with Crippen LogP contribution >= 0.6 is 39.1 Å². The van der Waals surface area contributed by atoms with Crippen LogP contribution in [0.25, 0.3) is 10.8 Å². The molecule has 0 amide bonds. The number of hydrogen-bond donors (Lipinski definition) is 0. The van der Waals surface area contributed by atoms with Crippen molar-refractivity contribution in [1.82, 2.24) is 0 Å². The maximum Gasteiger partial charge on any atom is 0.0855 e. The molecule has 3 rings (SSSR count). The molecular formula is C18H13BrCl2. The first kappa shape index (κ1) is 14.9. The molecule has 0 spiro atoms. The quantitative estimate of drug-likeness (QED) is 0.425. The Morgan fingerprint density at radius 2 is 1.57 bits per heavy atom. The minimum absolute atomic E-state index is 0.268. The summed E-state index contributed by atoms with van der Waals surface area (Å²) in [6, 6.07) is 18.3. The van der Waals surface area contributed by atoms with E-state index >= 15 is 0 Å². The molecule has 0 heterocycles. The predicted molar refractivity (Wildman–Crippen MR) is 95.5 cm³/mol. The second-order valence-electron chi connectivity index (χ2n) is 5.07. The van der Waals surface area contributed by atoms with Crippen LogP contribution in [0, 0.1) is 6.92 Å². The highest BCUT2D eigenvalue weighted by molar-refractivity contribution is 9.10. The molecule has 0 bridgehead atoms. The van der Waals surface area contributed by atoms with Crippen LogP contribution in [0.4, 0.5) is 0 Å². The number of halogens is 3. The van der Waals surface area contributed by atoms with E-state index in [4.69, 9.17) is 23.2 Å². The first-order valence-electron chi connectivity index (χ1n) is 6.65. The van der Waals surface area contributed by atoms with Gasteiger partial charge < -0.3 is 0 Å². The molecule has 0 aromatic heterocycles. The molecule has 21 heavy (non-hydrogen) atoms. The first-order chi connectivity index (χ1) is 10.1. The van der Waals surface area contributed by atoms with Crippen molar-refractivity contribution < 1.29 is 0 Å². The zero-order valence-electron chi connectivity index (χ0n) is 11.4. The minimum Gasteiger partial charge on any atom is -0.113 e. The highest BCUT2D eigenvalue weighted by Crippen LogP contribution is 2.39. The van der Waals surface area contributed by atoms with Crippen LogP contribution in [0.1, 0.15) is 22.1 Å². The lowest BCUT2D eigenvalue weighted by Gasteiger charge is -2.16. The lowest BCUT2D eigenvalue weighted by molar-refractivity contribution is 1.15. The Kier molecular flexibility index (Phi) is 4.26. The first-order valence-corrected chi connectivity index (χ1v) is 8.26. The maximum absolute atomic E-state index is 6.72. The van der Waals surface area contributed by atoms with E-state index in [0.29, 0.717) is 5.02 Å². The van der Waals surface area contributed by atoms with Crippen LogP contribution in [-0.2, 0) is 0 Å². The number of benzene rings is 3. The molecule has 0 radical (unpaired) electrons. The van der Waals surface area contributed by atoms with E-state index in [1.165, 1.54) is 0 Å². The maximum atomic E-state index is 6.72. The standard InChI is InChI=1S/C18H13BrCl2/c1-11-6-7-15(17(20)10-11)18(21)14-8-9-16(19)13-5-3-2-4-12(13)14/h2-10,18H,1H3. The van der Waals surface area contributed by atoms with Gasteiger partial charge in [0, 0.05) is 9.50 Å². The molecule has 0 saturated heterocycles. The summed E-state index contributed by atoms with van der Waals surface area (Å²) in [5.41, 5.74) is 3.14. The summed E-state index contributed by atoms with van der Waals surface area (Å²) in [4.78, 5) is 0. The molecular weight excluding hydrogens is 367 g/mol. The molecule has 1 unspecified atom stereocenters. The Balaban J connectivity index is 2.18. The summed E-state index contributed by atoms with van der Waals surface area (Å²) in [6.45, 7) is 2.02. The van der Waals surface area contributed by atoms with Gasteiger partial charge in [0.25, 0.3) is 0 Å². The van der Waals surface area contributed by atoms with Crippen molar-refractivity contribution in [3.63, 3.8) is 0 Å². The molecule has 0 fully saturated rings. The van der Waals surface area contributed by atoms with Gasteiger partial charge in [-0.15, -0.1) is 11.6 Å². The third-order valence-electron chi connectivity index (χ3n) is 3.61. The van der Waals surface area contributed by atoms with Crippen LogP contribution in [0.3, 0.4) is 0 Å². The summed E-state index contributed by atoms with van der Waals surface area (Å²) in [5.74, 6) is 0. The Morgan fingerprint density at radius 3 is 2.29 bits per heavy atom. The largest absolute Gasteiger partial charge is 0.113 e. The van der Waals surface area contributed by atoms with Gasteiger partial charge in [0.05, 0.1) is 5.38 Å². The summed E-state index contributed by atoms with van der Waals surface area (Å²) >= 11 is 16.7. The Labute approximate surface area is 142 Å². The van der Waals surface area contributed by atoms with E-state index in [1.54, 1.807) is 0 Å². The van der Waals surface area contributed by atoms with Crippen molar-refractivity contribution in [3.05, 3.63) is 80.8 Å². The average Bonchev–Trinajstić information content (AvgIpc) is 2.47. The van der Waals surface area contributed by atoms with Crippen LogP contribution in [0.5, 0.6) is 0 Å². The van der Waals surface area contributed by atoms with Crippen molar-refractivity contribution >= 4 is 49.9 Å². The van der Waals surface area contributed by atoms with Crippen LogP contribution in [-0.4, -0.2) is 0 Å². The summed E-state index contributed by atoms with van der Waals surface area (Å²) < 4.78 is 1.07. The topological polar surface area (TPSA) is 0 Å². The van der Waals surface area contributed by atoms with Gasteiger partial charge in [-0.25, -0.2) is 0 Å². The van der Waals surface area contributed by atoms with Crippen molar-refractivity contribution in [3.8, 4) is 0 Å². The van der Waals surface area contributed by atoms with Gasteiger partial charge in [-0.1, -0.05) is 70.0 Å². The molecule has 0 nitrogen and oxygen atoms in total. The second kappa shape index (κ2) is 6.00. The molecule has 1 atom stereocenters. The SMILES string of the molecule is Cc1ccc(C(Cl)c2ccc(Br)c3ccccc23)c(Cl)c1. The van der Waals surface area contributed by atoms with Crippen LogP contribution in [0.2, 0.25) is 5.02 Å². The summed E-state index contributed by atoms with van der Waals surface area (Å²) in [5, 5.41) is 2.74. The Bertz CT molecular complexity index is 811. The van der Waals surface area contributed by atoms with Crippen LogP contribution in [0.15, 0.2) is 59.1 Å². The van der Waals surface area contributed by atoms with E-state index in [0.717, 1.165) is 31.9 Å². The molecule has 0 saturated carbocycles. The van der Waals surface area contributed by atoms with E-state index in [1.807, 2.05) is 43.3 Å². The third-order valence-corrected chi connectivity index (χ3v) is 5.10. The third kappa shape index (κ3) is 2.83. The Morgan fingerprint density at radius 1 is 0.905 bits per heavy atom. The van der Waals surface area contributed by atoms with Gasteiger partial charge in [-0.3, -0.25) is 0 Å². The summed E-state index contributed by atoms with van der Waals surface area (Å²) in [6.07, 6.45) is 0. The molecule has 0 aliphatic carbocycles. The van der Waals surface area contributed by atoms with Gasteiger partial charge >= 0.3 is 0 Å². The van der Waals surface area contributed by atoms with Crippen molar-refractivity contribution in [1.29, 1.82) is 0 Å². The number of rotatable bonds is 2. The fraction of sp³-hybridized carbons (Fsp3) is 0.111. The second-order valence-corrected chi connectivity index (χ2v) is 6.77. The van der Waals surface area contributed by atoms with E-state index in [9.17, 15) is 0 Å². The zero-order chi connectivity index (χ0) is 15.0. The summed E-state index contributed by atoms with van der Waals surface area (Å²) in [7, 11) is 0. The minimum atomic E-state index is -0.268. The van der Waals surface area contributed by atoms with Gasteiger partial charge in [0.1, 0.15) is 0 Å². The molecule has 106 valence electrons. The van der Waals surface area contributed by atoms with E-state index < -0.39 is 0 Å². The average molecular weight is 380 g/mol. The van der Waals surface area contributed by atoms with Crippen LogP contribution < -0.4 is 0 Å². The molecule has 3 aromatic carbocycles. The molecule has 3 heteroatoms. The number of aryl methyl sites for hydroxylation is 1. The number of fused-ring (bicyclic) bond motifs is 1. The van der Waals surface area contributed by atoms with E-state index in [2.05, 4.69) is 34.1 Å². The number of alkyl halides is 1. The monoisotopic (exact) mass is 378 g/mol. The van der Waals surface area contributed by atoms with Gasteiger partial charge in [0.2, 0.25) is 0 Å². The van der Waals surface area contributed by atoms with Crippen molar-refractivity contribution in [2.24, 2.45) is 0 Å². The molecule has 0 aliphatic rings. The fourth-order valence-corrected chi connectivity index (χ4v) is 3.77. The smallest absolute Gasteiger partial charge is 0.0855 e. The Hall–Kier alpha value is -1.02. The van der Waals surface area contributed by atoms with Gasteiger partial charge in [0.15, 0.2) is 0 Å². The van der Waals surface area contributed by atoms with Crippen molar-refractivity contribution in [2.45, 2.75) is 12.3 Å². The highest BCUT2D eigenvalue weighted by atomic mass is 79.9. The molecule has 3 aromatic rings. The lowest BCUT2D eigenvalue weighted by atomic mass is 9.97. The van der Waals surface area contributed by atoms with Crippen molar-refractivity contribution in [2.75, 3.05) is 0 Å². The zero-order valence-corrected chi connectivity index (χ0v) is 14.5. The van der Waals surface area contributed by atoms with E-state index in [-0.39, 0.29) is 5.38 Å². The highest BCUT2D eigenvalue weighted by Gasteiger charge is 2.17. The molecule has 0 aliphatic heterocycles. The number of hydrogen-bond acceptors (Lipinski definition) is 0. The van der Waals surface area contributed by atoms with Gasteiger partial charge in [-0.2, -0.15) is 0 Å². The normalized spacial score (nSPS) is 12.6. The van der Waals surface area contributed by atoms with Gasteiger partial charge in [-0.05, 0) is 46.5 Å².